The topological polar surface area (TPSA) is 32.3 Å². The Balaban J connectivity index is 2.77. The Morgan fingerprint density at radius 2 is 2.33 bits per heavy atom. The molecule has 1 saturated heterocycles. The largest absolute Gasteiger partial charge is 0.321 e. The lowest BCUT2D eigenvalue weighted by atomic mass is 10.3. The van der Waals surface area contributed by atoms with Gasteiger partial charge in [0.15, 0.2) is 0 Å². The van der Waals surface area contributed by atoms with Crippen molar-refractivity contribution in [3.05, 3.63) is 12.3 Å². The molecule has 1 N–H and O–H groups in total. The van der Waals surface area contributed by atoms with Crippen LogP contribution in [0, 0.1) is 0 Å². The molecule has 0 aromatic rings. The SMILES string of the molecule is C=C1NC(=O)N(C)C1C. The second kappa shape index (κ2) is 1.76. The van der Waals surface area contributed by atoms with Crippen LogP contribution < -0.4 is 5.32 Å². The van der Waals surface area contributed by atoms with E-state index >= 15 is 0 Å². The number of hydrogen-bond acceptors (Lipinski definition) is 1. The molecule has 1 unspecified atom stereocenters. The van der Waals surface area contributed by atoms with Gasteiger partial charge in [0.2, 0.25) is 0 Å². The number of carbonyl (C=O) groups is 1. The number of rotatable bonds is 0. The molecule has 1 fully saturated rings. The van der Waals surface area contributed by atoms with Gasteiger partial charge in [0.25, 0.3) is 0 Å². The van der Waals surface area contributed by atoms with E-state index < -0.39 is 0 Å². The lowest BCUT2D eigenvalue weighted by Gasteiger charge is -2.11. The summed E-state index contributed by atoms with van der Waals surface area (Å²) in [5, 5.41) is 2.61. The summed E-state index contributed by atoms with van der Waals surface area (Å²) >= 11 is 0. The molecule has 3 heteroatoms. The molecule has 9 heavy (non-hydrogen) atoms. The quantitative estimate of drug-likeness (QED) is 0.505. The van der Waals surface area contributed by atoms with Crippen molar-refractivity contribution in [3.63, 3.8) is 0 Å². The van der Waals surface area contributed by atoms with Crippen LogP contribution in [0.15, 0.2) is 12.3 Å². The first-order valence-electron chi connectivity index (χ1n) is 2.85. The lowest BCUT2D eigenvalue weighted by molar-refractivity contribution is 0.219. The number of likely N-dealkylation sites (N-methyl/N-ethyl adjacent to an activating group) is 1. The van der Waals surface area contributed by atoms with Crippen molar-refractivity contribution in [2.24, 2.45) is 0 Å². The van der Waals surface area contributed by atoms with Crippen molar-refractivity contribution in [3.8, 4) is 0 Å². The molecule has 1 aliphatic rings. The van der Waals surface area contributed by atoms with Gasteiger partial charge in [-0.1, -0.05) is 6.58 Å². The van der Waals surface area contributed by atoms with E-state index in [-0.39, 0.29) is 12.1 Å². The smallest absolute Gasteiger partial charge is 0.319 e. The van der Waals surface area contributed by atoms with Crippen molar-refractivity contribution in [2.75, 3.05) is 7.05 Å². The van der Waals surface area contributed by atoms with Gasteiger partial charge in [-0.25, -0.2) is 4.79 Å². The van der Waals surface area contributed by atoms with E-state index in [4.69, 9.17) is 0 Å². The number of nitrogens with one attached hydrogen (secondary N) is 1. The summed E-state index contributed by atoms with van der Waals surface area (Å²) < 4.78 is 0. The number of amides is 2. The summed E-state index contributed by atoms with van der Waals surface area (Å²) in [5.74, 6) is 0. The van der Waals surface area contributed by atoms with Crippen LogP contribution in [0.4, 0.5) is 4.79 Å². The second-order valence-electron chi connectivity index (χ2n) is 2.24. The van der Waals surface area contributed by atoms with Crippen LogP contribution in [-0.4, -0.2) is 24.0 Å². The molecule has 50 valence electrons. The van der Waals surface area contributed by atoms with Gasteiger partial charge in [-0.05, 0) is 6.92 Å². The summed E-state index contributed by atoms with van der Waals surface area (Å²) in [5.41, 5.74) is 0.780. The van der Waals surface area contributed by atoms with Crippen molar-refractivity contribution in [1.29, 1.82) is 0 Å². The van der Waals surface area contributed by atoms with Crippen LogP contribution in [0.5, 0.6) is 0 Å². The fraction of sp³-hybridized carbons (Fsp3) is 0.500. The zero-order chi connectivity index (χ0) is 7.02. The molecule has 0 aliphatic carbocycles. The fourth-order valence-corrected chi connectivity index (χ4v) is 0.740. The van der Waals surface area contributed by atoms with E-state index in [1.165, 1.54) is 0 Å². The minimum absolute atomic E-state index is 0.0625. The Morgan fingerprint density at radius 3 is 2.44 bits per heavy atom. The summed E-state index contributed by atoms with van der Waals surface area (Å²) in [7, 11) is 1.75. The zero-order valence-electron chi connectivity index (χ0n) is 5.64. The molecule has 3 nitrogen and oxygen atoms in total. The molecule has 0 aromatic heterocycles. The highest BCUT2D eigenvalue weighted by Crippen LogP contribution is 2.10. The molecule has 1 heterocycles. The molecular weight excluding hydrogens is 116 g/mol. The van der Waals surface area contributed by atoms with Crippen LogP contribution in [0.2, 0.25) is 0 Å². The third-order valence-electron chi connectivity index (χ3n) is 1.67. The predicted octanol–water partition coefficient (Wildman–Crippen LogP) is 0.544. The van der Waals surface area contributed by atoms with Crippen molar-refractivity contribution in [2.45, 2.75) is 13.0 Å². The third kappa shape index (κ3) is 0.781. The van der Waals surface area contributed by atoms with Gasteiger partial charge in [0.05, 0.1) is 6.04 Å². The number of hydrogen-bond donors (Lipinski definition) is 1. The summed E-state index contributed by atoms with van der Waals surface area (Å²) in [6.07, 6.45) is 0. The van der Waals surface area contributed by atoms with Gasteiger partial charge in [0.1, 0.15) is 0 Å². The average molecular weight is 126 g/mol. The van der Waals surface area contributed by atoms with Crippen LogP contribution in [-0.2, 0) is 0 Å². The van der Waals surface area contributed by atoms with Gasteiger partial charge >= 0.3 is 6.03 Å². The molecule has 1 aliphatic heterocycles. The highest BCUT2D eigenvalue weighted by atomic mass is 16.2. The first-order valence-corrected chi connectivity index (χ1v) is 2.85. The molecule has 2 amide bonds. The highest BCUT2D eigenvalue weighted by Gasteiger charge is 2.26. The Bertz CT molecular complexity index is 146. The van der Waals surface area contributed by atoms with E-state index in [2.05, 4.69) is 11.9 Å². The summed E-state index contributed by atoms with van der Waals surface area (Å²) in [6, 6.07) is 0.0741. The van der Waals surface area contributed by atoms with Gasteiger partial charge in [-0.2, -0.15) is 0 Å². The fourth-order valence-electron chi connectivity index (χ4n) is 0.740. The van der Waals surface area contributed by atoms with E-state index in [0.29, 0.717) is 0 Å². The number of urea groups is 1. The van der Waals surface area contributed by atoms with Gasteiger partial charge in [-0.3, -0.25) is 0 Å². The van der Waals surface area contributed by atoms with Crippen LogP contribution in [0.3, 0.4) is 0 Å². The minimum Gasteiger partial charge on any atom is -0.319 e. The minimum atomic E-state index is -0.0625. The maximum atomic E-state index is 10.7. The first-order chi connectivity index (χ1) is 4.13. The van der Waals surface area contributed by atoms with Crippen molar-refractivity contribution >= 4 is 6.03 Å². The second-order valence-corrected chi connectivity index (χ2v) is 2.24. The molecule has 0 radical (unpaired) electrons. The molecule has 1 rings (SSSR count). The Hall–Kier alpha value is -0.990. The van der Waals surface area contributed by atoms with Crippen molar-refractivity contribution < 1.29 is 4.79 Å². The van der Waals surface area contributed by atoms with Crippen LogP contribution in [0.1, 0.15) is 6.92 Å². The third-order valence-corrected chi connectivity index (χ3v) is 1.67. The van der Waals surface area contributed by atoms with Crippen molar-refractivity contribution in [1.82, 2.24) is 10.2 Å². The molecule has 0 bridgehead atoms. The van der Waals surface area contributed by atoms with E-state index in [1.54, 1.807) is 11.9 Å². The number of nitrogens with zero attached hydrogens (tertiary/aromatic N) is 1. The predicted molar refractivity (Wildman–Crippen MR) is 34.9 cm³/mol. The summed E-state index contributed by atoms with van der Waals surface area (Å²) in [4.78, 5) is 12.4. The van der Waals surface area contributed by atoms with Crippen LogP contribution in [0.25, 0.3) is 0 Å². The van der Waals surface area contributed by atoms with E-state index in [0.717, 1.165) is 5.70 Å². The van der Waals surface area contributed by atoms with Gasteiger partial charge < -0.3 is 10.2 Å². The Morgan fingerprint density at radius 1 is 1.78 bits per heavy atom. The maximum Gasteiger partial charge on any atom is 0.321 e. The van der Waals surface area contributed by atoms with E-state index in [9.17, 15) is 4.79 Å². The highest BCUT2D eigenvalue weighted by molar-refractivity contribution is 5.79. The maximum absolute atomic E-state index is 10.7. The van der Waals surface area contributed by atoms with Crippen LogP contribution >= 0.6 is 0 Å². The molecule has 1 atom stereocenters. The normalized spacial score (nSPS) is 26.9. The molecular formula is C6H10N2O. The Labute approximate surface area is 54.3 Å². The number of carbonyl (C=O) groups excluding carboxylic acids is 1. The molecule has 0 aromatic carbocycles. The zero-order valence-corrected chi connectivity index (χ0v) is 5.64. The Kier molecular flexibility index (Phi) is 1.20. The molecule has 0 saturated carbocycles. The van der Waals surface area contributed by atoms with Gasteiger partial charge in [-0.15, -0.1) is 0 Å². The monoisotopic (exact) mass is 126 g/mol. The first kappa shape index (κ1) is 6.13. The van der Waals surface area contributed by atoms with Gasteiger partial charge in [0, 0.05) is 12.7 Å². The standard InChI is InChI=1S/C6H10N2O/c1-4-5(2)8(3)6(9)7-4/h5H,1H2,2-3H3,(H,7,9). The summed E-state index contributed by atoms with van der Waals surface area (Å²) in [6.45, 7) is 5.59. The molecule has 0 spiro atoms. The average Bonchev–Trinajstić information content (AvgIpc) is 1.98. The lowest BCUT2D eigenvalue weighted by Crippen LogP contribution is -2.27. The van der Waals surface area contributed by atoms with E-state index in [1.807, 2.05) is 6.92 Å².